The van der Waals surface area contributed by atoms with Crippen LogP contribution in [0.15, 0.2) is 23.0 Å². The molecule has 1 aromatic carbocycles. The van der Waals surface area contributed by atoms with Gasteiger partial charge in [-0.1, -0.05) is 6.07 Å². The highest BCUT2D eigenvalue weighted by Crippen LogP contribution is 2.24. The minimum absolute atomic E-state index is 0.169. The number of carbonyl (C=O) groups is 2. The zero-order valence-corrected chi connectivity index (χ0v) is 10.8. The van der Waals surface area contributed by atoms with Crippen molar-refractivity contribution in [1.29, 1.82) is 0 Å². The maximum absolute atomic E-state index is 13.2. The lowest BCUT2D eigenvalue weighted by molar-refractivity contribution is -0.132. The first-order chi connectivity index (χ1) is 12.7. The number of fused-ring (bicyclic) bond motifs is 1. The lowest BCUT2D eigenvalue weighted by atomic mass is 9.92. The summed E-state index contributed by atoms with van der Waals surface area (Å²) in [6.45, 7) is -3.11. The maximum Gasteiger partial charge on any atom is 0.264 e. The highest BCUT2D eigenvalue weighted by atomic mass is 16.2. The molecule has 1 aromatic heterocycles. The van der Waals surface area contributed by atoms with E-state index >= 15 is 0 Å². The molecule has 108 valence electrons. The number of aromatic nitrogens is 2. The van der Waals surface area contributed by atoms with E-state index in [1.54, 1.807) is 0 Å². The van der Waals surface area contributed by atoms with Crippen LogP contribution in [0.25, 0.3) is 10.9 Å². The summed E-state index contributed by atoms with van der Waals surface area (Å²) in [5.41, 5.74) is 4.04. The van der Waals surface area contributed by atoms with Gasteiger partial charge in [-0.3, -0.25) is 19.0 Å². The van der Waals surface area contributed by atoms with Crippen molar-refractivity contribution in [2.24, 2.45) is 0 Å². The van der Waals surface area contributed by atoms with Gasteiger partial charge in [0.15, 0.2) is 5.78 Å². The van der Waals surface area contributed by atoms with Crippen molar-refractivity contribution in [1.82, 2.24) is 9.55 Å². The topological polar surface area (TPSA) is 95.0 Å². The van der Waals surface area contributed by atoms with E-state index < -0.39 is 60.4 Å². The number of hydrogen-bond acceptors (Lipinski definition) is 5. The first-order valence-corrected chi connectivity index (χ1v) is 6.09. The normalized spacial score (nSPS) is 30.6. The van der Waals surface area contributed by atoms with Gasteiger partial charge in [-0.15, -0.1) is 0 Å². The molecule has 6 nitrogen and oxygen atoms in total. The zero-order valence-electron chi connectivity index (χ0n) is 17.8. The Morgan fingerprint density at radius 3 is 3.10 bits per heavy atom. The van der Waals surface area contributed by atoms with Crippen LogP contribution < -0.4 is 11.3 Å². The second-order valence-corrected chi connectivity index (χ2v) is 4.57. The van der Waals surface area contributed by atoms with Crippen molar-refractivity contribution in [3.8, 4) is 0 Å². The summed E-state index contributed by atoms with van der Waals surface area (Å²) in [4.78, 5) is 41.2. The van der Waals surface area contributed by atoms with Crippen molar-refractivity contribution >= 4 is 28.2 Å². The minimum atomic E-state index is -3.11. The summed E-state index contributed by atoms with van der Waals surface area (Å²) in [6.07, 6.45) is -4.53. The minimum Gasteiger partial charge on any atom is -0.398 e. The van der Waals surface area contributed by atoms with Crippen LogP contribution in [-0.4, -0.2) is 21.1 Å². The molecule has 0 bridgehead atoms. The molecule has 6 heteroatoms. The SMILES string of the molecule is [2H]c1ccc(N)c2c(=O)n(C3([2H])C(=O)CC(=O)CC3([2H])[2H])c(C([2H])([2H])[2H])nc12. The van der Waals surface area contributed by atoms with Crippen LogP contribution in [0.3, 0.4) is 0 Å². The van der Waals surface area contributed by atoms with Gasteiger partial charge in [-0.05, 0) is 25.3 Å². The molecular weight excluding hydrogens is 270 g/mol. The third kappa shape index (κ3) is 2.12. The molecule has 0 saturated heterocycles. The highest BCUT2D eigenvalue weighted by molar-refractivity contribution is 6.03. The van der Waals surface area contributed by atoms with E-state index in [0.29, 0.717) is 0 Å². The first kappa shape index (κ1) is 7.49. The largest absolute Gasteiger partial charge is 0.398 e. The molecule has 0 amide bonds. The molecule has 1 fully saturated rings. The Bertz CT molecular complexity index is 1090. The van der Waals surface area contributed by atoms with Gasteiger partial charge in [0.1, 0.15) is 11.6 Å². The Kier molecular flexibility index (Phi) is 1.71. The van der Waals surface area contributed by atoms with Gasteiger partial charge >= 0.3 is 0 Å². The van der Waals surface area contributed by atoms with Gasteiger partial charge in [-0.25, -0.2) is 4.98 Å². The molecule has 3 rings (SSSR count). The summed E-state index contributed by atoms with van der Waals surface area (Å²) >= 11 is 0. The van der Waals surface area contributed by atoms with E-state index in [4.69, 9.17) is 15.3 Å². The number of ketones is 2. The summed E-state index contributed by atoms with van der Waals surface area (Å²) in [6, 6.07) is -0.915. The van der Waals surface area contributed by atoms with E-state index in [1.807, 2.05) is 0 Å². The number of Topliss-reactive ketones (excluding diaryl/α,β-unsaturated/α-hetero) is 2. The van der Waals surface area contributed by atoms with Crippen LogP contribution in [0.1, 0.15) is 40.7 Å². The van der Waals surface area contributed by atoms with Crippen molar-refractivity contribution < 1.29 is 19.2 Å². The molecule has 1 aliphatic rings. The molecule has 21 heavy (non-hydrogen) atoms. The fourth-order valence-electron chi connectivity index (χ4n) is 2.20. The Balaban J connectivity index is 2.55. The van der Waals surface area contributed by atoms with Crippen LogP contribution in [0.2, 0.25) is 0 Å². The zero-order chi connectivity index (χ0) is 21.2. The number of nitrogens with zero attached hydrogens (tertiary/aromatic N) is 2. The average molecular weight is 292 g/mol. The number of nitrogen functional groups attached to an aromatic ring is 1. The standard InChI is InChI=1S/C15H15N3O3/c1-8-17-11-4-2-3-10(16)14(11)15(21)18(8)12-6-5-9(19)7-13(12)20/h2-4,12H,5-7,16H2,1H3/i1D3,4D,6D2,12D. The monoisotopic (exact) mass is 292 g/mol. The first-order valence-electron chi connectivity index (χ1n) is 9.59. The van der Waals surface area contributed by atoms with E-state index in [-0.39, 0.29) is 21.8 Å². The summed E-state index contributed by atoms with van der Waals surface area (Å²) in [5.74, 6) is -3.04. The highest BCUT2D eigenvalue weighted by Gasteiger charge is 2.30. The number of rotatable bonds is 1. The fraction of sp³-hybridized carbons (Fsp3) is 0.333. The average Bonchev–Trinajstić information content (AvgIpc) is 2.54. The van der Waals surface area contributed by atoms with Gasteiger partial charge in [0.2, 0.25) is 0 Å². The predicted molar refractivity (Wildman–Crippen MR) is 78.1 cm³/mol. The second-order valence-electron chi connectivity index (χ2n) is 4.57. The summed E-state index contributed by atoms with van der Waals surface area (Å²) in [5, 5.41) is -0.396. The molecule has 0 spiro atoms. The number of carbonyl (C=O) groups excluding carboxylic acids is 2. The van der Waals surface area contributed by atoms with Gasteiger partial charge < -0.3 is 5.73 Å². The van der Waals surface area contributed by atoms with Gasteiger partial charge in [0.25, 0.3) is 5.56 Å². The van der Waals surface area contributed by atoms with Crippen LogP contribution in [0, 0.1) is 6.85 Å². The smallest absolute Gasteiger partial charge is 0.264 e. The van der Waals surface area contributed by atoms with Gasteiger partial charge in [0, 0.05) is 19.0 Å². The number of hydrogen-bond donors (Lipinski definition) is 1. The van der Waals surface area contributed by atoms with Crippen LogP contribution in [-0.2, 0) is 9.59 Å². The molecule has 2 N–H and O–H groups in total. The molecule has 1 atom stereocenters. The fourth-order valence-corrected chi connectivity index (χ4v) is 2.20. The van der Waals surface area contributed by atoms with Crippen molar-refractivity contribution in [3.63, 3.8) is 0 Å². The van der Waals surface area contributed by atoms with Crippen LogP contribution in [0.4, 0.5) is 5.69 Å². The number of benzene rings is 1. The molecule has 1 unspecified atom stereocenters. The van der Waals surface area contributed by atoms with Crippen LogP contribution in [0.5, 0.6) is 0 Å². The van der Waals surface area contributed by atoms with Crippen molar-refractivity contribution in [3.05, 3.63) is 34.4 Å². The number of anilines is 1. The van der Waals surface area contributed by atoms with E-state index in [9.17, 15) is 14.4 Å². The Morgan fingerprint density at radius 2 is 2.38 bits per heavy atom. The summed E-state index contributed by atoms with van der Waals surface area (Å²) < 4.78 is 55.8. The lowest BCUT2D eigenvalue weighted by Gasteiger charge is -2.24. The third-order valence-electron chi connectivity index (χ3n) is 3.15. The molecule has 2 aromatic rings. The maximum atomic E-state index is 13.2. The molecular formula is C15H15N3O3. The van der Waals surface area contributed by atoms with Gasteiger partial charge in [0.05, 0.1) is 26.1 Å². The molecule has 1 heterocycles. The number of aryl methyl sites for hydroxylation is 1. The number of nitrogens with two attached hydrogens (primary N) is 1. The van der Waals surface area contributed by atoms with E-state index in [0.717, 1.165) is 0 Å². The second kappa shape index (κ2) is 4.80. The Hall–Kier alpha value is -2.50. The molecule has 1 saturated carbocycles. The molecule has 0 aliphatic heterocycles. The quantitative estimate of drug-likeness (QED) is 0.628. The summed E-state index contributed by atoms with van der Waals surface area (Å²) in [7, 11) is 0. The molecule has 0 radical (unpaired) electrons. The molecule has 1 aliphatic carbocycles. The Morgan fingerprint density at radius 1 is 1.57 bits per heavy atom. The van der Waals surface area contributed by atoms with E-state index in [1.165, 1.54) is 12.1 Å². The van der Waals surface area contributed by atoms with Crippen molar-refractivity contribution in [2.45, 2.75) is 32.1 Å². The van der Waals surface area contributed by atoms with Crippen molar-refractivity contribution in [2.75, 3.05) is 5.73 Å². The Labute approximate surface area is 130 Å². The van der Waals surface area contributed by atoms with Crippen LogP contribution >= 0.6 is 0 Å². The predicted octanol–water partition coefficient (Wildman–Crippen LogP) is 1.15. The van der Waals surface area contributed by atoms with E-state index in [2.05, 4.69) is 4.98 Å². The third-order valence-corrected chi connectivity index (χ3v) is 3.15. The van der Waals surface area contributed by atoms with Gasteiger partial charge in [-0.2, -0.15) is 0 Å². The lowest BCUT2D eigenvalue weighted by Crippen LogP contribution is -2.36.